The lowest BCUT2D eigenvalue weighted by molar-refractivity contribution is -0.137. The van der Waals surface area contributed by atoms with Crippen molar-refractivity contribution in [3.05, 3.63) is 51.6 Å². The van der Waals surface area contributed by atoms with E-state index in [4.69, 9.17) is 4.74 Å². The Morgan fingerprint density at radius 1 is 1.23 bits per heavy atom. The van der Waals surface area contributed by atoms with Gasteiger partial charge in [-0.3, -0.25) is 9.78 Å². The minimum Gasteiger partial charge on any atom is -0.444 e. The van der Waals surface area contributed by atoms with Crippen LogP contribution in [0.3, 0.4) is 0 Å². The van der Waals surface area contributed by atoms with Crippen LogP contribution in [0.1, 0.15) is 50.4 Å². The number of hydrogen-bond donors (Lipinski definition) is 2. The second-order valence-electron chi connectivity index (χ2n) is 10.1. The molecule has 10 heteroatoms. The smallest absolute Gasteiger partial charge is 0.410 e. The van der Waals surface area contributed by atoms with E-state index in [0.717, 1.165) is 16.4 Å². The van der Waals surface area contributed by atoms with Crippen LogP contribution < -0.4 is 5.32 Å². The molecule has 0 saturated carbocycles. The first kappa shape index (κ1) is 25.6. The molecule has 2 aromatic rings. The predicted octanol–water partition coefficient (Wildman–Crippen LogP) is 4.55. The number of piperidine rings is 1. The lowest BCUT2D eigenvalue weighted by Crippen LogP contribution is -2.73. The number of β-amino-alcohol motifs (C(OH)–C–C–N with tert-alkyl or cyclic N) is 1. The van der Waals surface area contributed by atoms with E-state index < -0.39 is 29.2 Å². The molecule has 2 aliphatic heterocycles. The van der Waals surface area contributed by atoms with E-state index in [0.29, 0.717) is 24.2 Å². The Morgan fingerprint density at radius 2 is 1.97 bits per heavy atom. The van der Waals surface area contributed by atoms with Crippen molar-refractivity contribution in [2.75, 3.05) is 25.0 Å². The van der Waals surface area contributed by atoms with Gasteiger partial charge in [0, 0.05) is 16.3 Å². The normalized spacial score (nSPS) is 19.7. The summed E-state index contributed by atoms with van der Waals surface area (Å²) in [7, 11) is 0. The van der Waals surface area contributed by atoms with Crippen LogP contribution in [0, 0.1) is 9.39 Å². The maximum absolute atomic E-state index is 14.4. The molecular weight excluding hydrogens is 566 g/mol. The molecule has 3 heterocycles. The van der Waals surface area contributed by atoms with Crippen LogP contribution in [-0.4, -0.2) is 68.8 Å². The van der Waals surface area contributed by atoms with Crippen LogP contribution in [0.25, 0.3) is 0 Å². The molecule has 0 aliphatic carbocycles. The van der Waals surface area contributed by atoms with Crippen LogP contribution >= 0.6 is 22.6 Å². The average molecular weight is 596 g/mol. The minimum atomic E-state index is -1.21. The summed E-state index contributed by atoms with van der Waals surface area (Å²) in [5.41, 5.74) is -0.906. The molecule has 0 radical (unpaired) electrons. The molecule has 35 heavy (non-hydrogen) atoms. The summed E-state index contributed by atoms with van der Waals surface area (Å²) in [5, 5.41) is 14.3. The van der Waals surface area contributed by atoms with Crippen molar-refractivity contribution in [2.24, 2.45) is 0 Å². The second kappa shape index (κ2) is 9.88. The minimum absolute atomic E-state index is 0.0927. The van der Waals surface area contributed by atoms with Gasteiger partial charge >= 0.3 is 6.09 Å². The average Bonchev–Trinajstić information content (AvgIpc) is 2.77. The number of rotatable bonds is 4. The Hall–Kier alpha value is -2.47. The zero-order valence-corrected chi connectivity index (χ0v) is 22.2. The SMILES string of the molecule is CC(C)(C)OC(=O)N1CCCCC1C1(O)CN(C(=O)c2ccncc2Nc2ccc(I)cc2F)C1. The van der Waals surface area contributed by atoms with Crippen molar-refractivity contribution in [1.82, 2.24) is 14.8 Å². The molecular formula is C25H30FIN4O4. The number of pyridine rings is 1. The molecule has 2 fully saturated rings. The number of anilines is 2. The summed E-state index contributed by atoms with van der Waals surface area (Å²) in [6.07, 6.45) is 4.91. The number of amides is 2. The number of halogens is 2. The fourth-order valence-corrected chi connectivity index (χ4v) is 5.04. The Balaban J connectivity index is 1.47. The van der Waals surface area contributed by atoms with E-state index in [1.165, 1.54) is 23.4 Å². The van der Waals surface area contributed by atoms with Crippen molar-refractivity contribution in [1.29, 1.82) is 0 Å². The maximum atomic E-state index is 14.4. The van der Waals surface area contributed by atoms with Crippen LogP contribution in [0.15, 0.2) is 36.7 Å². The number of ether oxygens (including phenoxy) is 1. The summed E-state index contributed by atoms with van der Waals surface area (Å²) in [6, 6.07) is 5.91. The number of likely N-dealkylation sites (tertiary alicyclic amines) is 2. The third-order valence-electron chi connectivity index (χ3n) is 6.22. The molecule has 2 amide bonds. The Kier molecular flexibility index (Phi) is 7.23. The van der Waals surface area contributed by atoms with Crippen LogP contribution in [0.5, 0.6) is 0 Å². The number of benzene rings is 1. The lowest BCUT2D eigenvalue weighted by Gasteiger charge is -2.54. The van der Waals surface area contributed by atoms with Crippen molar-refractivity contribution < 1.29 is 23.8 Å². The molecule has 0 bridgehead atoms. The molecule has 2 saturated heterocycles. The van der Waals surface area contributed by atoms with Gasteiger partial charge in [0.1, 0.15) is 17.0 Å². The Morgan fingerprint density at radius 3 is 2.66 bits per heavy atom. The first-order chi connectivity index (χ1) is 16.5. The van der Waals surface area contributed by atoms with Crippen molar-refractivity contribution in [3.8, 4) is 0 Å². The van der Waals surface area contributed by atoms with Crippen molar-refractivity contribution in [3.63, 3.8) is 0 Å². The Labute approximate surface area is 218 Å². The standard InChI is InChI=1S/C25H30FIN4O4/c1-24(2,3)35-23(33)31-11-5-4-6-21(31)25(34)14-30(15-25)22(32)17-9-10-28-13-20(17)29-19-8-7-16(27)12-18(19)26/h7-10,12-13,21,29,34H,4-6,11,14-15H2,1-3H3. The van der Waals surface area contributed by atoms with Gasteiger partial charge in [0.25, 0.3) is 5.91 Å². The molecule has 188 valence electrons. The number of hydrogen-bond acceptors (Lipinski definition) is 6. The van der Waals surface area contributed by atoms with Crippen LogP contribution in [-0.2, 0) is 4.74 Å². The molecule has 1 unspecified atom stereocenters. The van der Waals surface area contributed by atoms with Gasteiger partial charge in [0.05, 0.1) is 42.3 Å². The van der Waals surface area contributed by atoms with Gasteiger partial charge < -0.3 is 25.0 Å². The molecule has 1 aromatic heterocycles. The van der Waals surface area contributed by atoms with Gasteiger partial charge in [-0.1, -0.05) is 0 Å². The van der Waals surface area contributed by atoms with Crippen molar-refractivity contribution >= 4 is 46.0 Å². The number of aliphatic hydroxyl groups is 1. The van der Waals surface area contributed by atoms with E-state index in [2.05, 4.69) is 10.3 Å². The van der Waals surface area contributed by atoms with Gasteiger partial charge in [-0.05, 0) is 86.9 Å². The first-order valence-electron chi connectivity index (χ1n) is 11.6. The van der Waals surface area contributed by atoms with Crippen molar-refractivity contribution in [2.45, 2.75) is 57.3 Å². The van der Waals surface area contributed by atoms with Gasteiger partial charge in [-0.2, -0.15) is 0 Å². The molecule has 8 nitrogen and oxygen atoms in total. The number of aromatic nitrogens is 1. The van der Waals surface area contributed by atoms with Crippen LogP contribution in [0.4, 0.5) is 20.6 Å². The highest BCUT2D eigenvalue weighted by Crippen LogP contribution is 2.36. The Bertz CT molecular complexity index is 1120. The molecule has 0 spiro atoms. The summed E-state index contributed by atoms with van der Waals surface area (Å²) < 4.78 is 20.7. The van der Waals surface area contributed by atoms with E-state index in [1.807, 2.05) is 43.4 Å². The number of nitrogens with one attached hydrogen (secondary N) is 1. The highest BCUT2D eigenvalue weighted by Gasteiger charge is 2.53. The highest BCUT2D eigenvalue weighted by molar-refractivity contribution is 14.1. The molecule has 1 aromatic carbocycles. The second-order valence-corrected chi connectivity index (χ2v) is 11.4. The maximum Gasteiger partial charge on any atom is 0.410 e. The predicted molar refractivity (Wildman–Crippen MR) is 138 cm³/mol. The highest BCUT2D eigenvalue weighted by atomic mass is 127. The summed E-state index contributed by atoms with van der Waals surface area (Å²) in [4.78, 5) is 33.3. The molecule has 2 N–H and O–H groups in total. The fraction of sp³-hybridized carbons (Fsp3) is 0.480. The topological polar surface area (TPSA) is 95.0 Å². The monoisotopic (exact) mass is 596 g/mol. The zero-order valence-electron chi connectivity index (χ0n) is 20.1. The quantitative estimate of drug-likeness (QED) is 0.504. The lowest BCUT2D eigenvalue weighted by atomic mass is 9.80. The molecule has 4 rings (SSSR count). The fourth-order valence-electron chi connectivity index (χ4n) is 4.59. The van der Waals surface area contributed by atoms with Gasteiger partial charge in [-0.15, -0.1) is 0 Å². The van der Waals surface area contributed by atoms with Crippen LogP contribution in [0.2, 0.25) is 0 Å². The number of nitrogens with zero attached hydrogens (tertiary/aromatic N) is 3. The third-order valence-corrected chi connectivity index (χ3v) is 6.89. The molecule has 2 aliphatic rings. The van der Waals surface area contributed by atoms with E-state index in [-0.39, 0.29) is 24.7 Å². The molecule has 1 atom stereocenters. The van der Waals surface area contributed by atoms with E-state index in [1.54, 1.807) is 23.1 Å². The number of carbonyl (C=O) groups excluding carboxylic acids is 2. The number of carbonyl (C=O) groups is 2. The van der Waals surface area contributed by atoms with Gasteiger partial charge in [0.2, 0.25) is 0 Å². The third kappa shape index (κ3) is 5.69. The van der Waals surface area contributed by atoms with Gasteiger partial charge in [0.15, 0.2) is 0 Å². The summed E-state index contributed by atoms with van der Waals surface area (Å²) in [6.45, 7) is 6.13. The first-order valence-corrected chi connectivity index (χ1v) is 12.7. The summed E-state index contributed by atoms with van der Waals surface area (Å²) >= 11 is 2.03. The largest absolute Gasteiger partial charge is 0.444 e. The van der Waals surface area contributed by atoms with E-state index >= 15 is 0 Å². The van der Waals surface area contributed by atoms with E-state index in [9.17, 15) is 19.1 Å². The van der Waals surface area contributed by atoms with Gasteiger partial charge in [-0.25, -0.2) is 9.18 Å². The zero-order chi connectivity index (χ0) is 25.4. The summed E-state index contributed by atoms with van der Waals surface area (Å²) in [5.74, 6) is -0.734.